The Labute approximate surface area is 206 Å². The maximum atomic E-state index is 14.6. The quantitative estimate of drug-likeness (QED) is 0.338. The van der Waals surface area contributed by atoms with Crippen molar-refractivity contribution in [2.24, 2.45) is 0 Å². The summed E-state index contributed by atoms with van der Waals surface area (Å²) in [5.41, 5.74) is 3.28. The van der Waals surface area contributed by atoms with Gasteiger partial charge in [-0.3, -0.25) is 4.57 Å². The van der Waals surface area contributed by atoms with Crippen LogP contribution in [0.1, 0.15) is 22.5 Å². The zero-order chi connectivity index (χ0) is 26.3. The lowest BCUT2D eigenvalue weighted by atomic mass is 9.96. The van der Waals surface area contributed by atoms with E-state index in [4.69, 9.17) is 9.47 Å². The number of benzene rings is 2. The fraction of sp³-hybridized carbons (Fsp3) is 0.200. The highest BCUT2D eigenvalue weighted by Crippen LogP contribution is 2.32. The van der Waals surface area contributed by atoms with Crippen LogP contribution in [-0.4, -0.2) is 19.5 Å². The van der Waals surface area contributed by atoms with Crippen molar-refractivity contribution in [1.29, 1.82) is 0 Å². The van der Waals surface area contributed by atoms with Crippen molar-refractivity contribution >= 4 is 0 Å². The van der Waals surface area contributed by atoms with E-state index in [1.807, 2.05) is 19.1 Å². The molecule has 0 aliphatic carbocycles. The summed E-state index contributed by atoms with van der Waals surface area (Å²) in [6, 6.07) is 9.38. The molecule has 2 aromatic heterocycles. The van der Waals surface area contributed by atoms with E-state index in [2.05, 4.69) is 21.0 Å². The van der Waals surface area contributed by atoms with Gasteiger partial charge in [-0.1, -0.05) is 23.8 Å². The maximum Gasteiger partial charge on any atom is 0.451 e. The zero-order valence-electron chi connectivity index (χ0n) is 19.1. The number of rotatable bonds is 5. The molecule has 0 saturated heterocycles. The van der Waals surface area contributed by atoms with E-state index in [1.165, 1.54) is 0 Å². The SMILES string of the molecule is Cc1ccc2c(c1)CCn1c-2cc(OCc2cc(F)c(Oc3cnc(C(F)(F)F)nc3)c(F)c2)nc1=O. The minimum absolute atomic E-state index is 0.00674. The summed E-state index contributed by atoms with van der Waals surface area (Å²) >= 11 is 0. The van der Waals surface area contributed by atoms with Crippen LogP contribution in [0.3, 0.4) is 0 Å². The van der Waals surface area contributed by atoms with Crippen molar-refractivity contribution < 1.29 is 31.4 Å². The maximum absolute atomic E-state index is 14.6. The number of hydrogen-bond donors (Lipinski definition) is 0. The van der Waals surface area contributed by atoms with Gasteiger partial charge >= 0.3 is 11.9 Å². The average Bonchev–Trinajstić information content (AvgIpc) is 2.84. The van der Waals surface area contributed by atoms with Crippen LogP contribution in [0, 0.1) is 18.6 Å². The largest absolute Gasteiger partial charge is 0.473 e. The molecule has 0 amide bonds. The van der Waals surface area contributed by atoms with Gasteiger partial charge in [0.1, 0.15) is 6.61 Å². The van der Waals surface area contributed by atoms with Crippen LogP contribution in [0.15, 0.2) is 53.6 Å². The Balaban J connectivity index is 1.34. The average molecular weight is 516 g/mol. The minimum atomic E-state index is -4.77. The summed E-state index contributed by atoms with van der Waals surface area (Å²) in [5.74, 6) is -4.90. The summed E-state index contributed by atoms with van der Waals surface area (Å²) in [6.45, 7) is 2.14. The van der Waals surface area contributed by atoms with Gasteiger partial charge in [-0.2, -0.15) is 18.2 Å². The van der Waals surface area contributed by atoms with E-state index in [9.17, 15) is 26.7 Å². The molecule has 12 heteroatoms. The summed E-state index contributed by atoms with van der Waals surface area (Å²) in [7, 11) is 0. The molecular weight excluding hydrogens is 499 g/mol. The van der Waals surface area contributed by atoms with Gasteiger partial charge < -0.3 is 9.47 Å². The molecule has 0 spiro atoms. The van der Waals surface area contributed by atoms with E-state index in [0.717, 1.165) is 28.8 Å². The van der Waals surface area contributed by atoms with Crippen molar-refractivity contribution in [3.05, 3.63) is 93.4 Å². The van der Waals surface area contributed by atoms with Crippen molar-refractivity contribution in [3.8, 4) is 28.6 Å². The number of ether oxygens (including phenoxy) is 2. The molecular formula is C25H17F5N4O3. The van der Waals surface area contributed by atoms with Crippen LogP contribution in [0.2, 0.25) is 0 Å². The Bertz CT molecular complexity index is 1530. The summed E-state index contributed by atoms with van der Waals surface area (Å²) in [5, 5.41) is 0. The van der Waals surface area contributed by atoms with E-state index >= 15 is 0 Å². The highest BCUT2D eigenvalue weighted by Gasteiger charge is 2.34. The second kappa shape index (κ2) is 9.26. The molecule has 37 heavy (non-hydrogen) atoms. The molecule has 3 heterocycles. The second-order valence-electron chi connectivity index (χ2n) is 8.34. The lowest BCUT2D eigenvalue weighted by Crippen LogP contribution is -2.28. The van der Waals surface area contributed by atoms with Crippen molar-refractivity contribution in [2.45, 2.75) is 32.7 Å². The normalized spacial score (nSPS) is 12.6. The first-order chi connectivity index (χ1) is 17.6. The van der Waals surface area contributed by atoms with Crippen LogP contribution in [0.25, 0.3) is 11.3 Å². The van der Waals surface area contributed by atoms with Gasteiger partial charge in [-0.25, -0.2) is 23.5 Å². The first-order valence-electron chi connectivity index (χ1n) is 11.0. The number of hydrogen-bond acceptors (Lipinski definition) is 6. The Hall–Kier alpha value is -4.35. The molecule has 0 unspecified atom stereocenters. The topological polar surface area (TPSA) is 79.1 Å². The Morgan fingerprint density at radius 1 is 1.03 bits per heavy atom. The van der Waals surface area contributed by atoms with E-state index in [1.54, 1.807) is 10.6 Å². The van der Waals surface area contributed by atoms with Crippen molar-refractivity contribution in [2.75, 3.05) is 0 Å². The Morgan fingerprint density at radius 3 is 2.41 bits per heavy atom. The molecule has 4 aromatic rings. The predicted octanol–water partition coefficient (Wildman–Crippen LogP) is 5.23. The van der Waals surface area contributed by atoms with Gasteiger partial charge in [-0.05, 0) is 36.6 Å². The third-order valence-electron chi connectivity index (χ3n) is 5.68. The third-order valence-corrected chi connectivity index (χ3v) is 5.68. The number of nitrogens with zero attached hydrogens (tertiary/aromatic N) is 4. The van der Waals surface area contributed by atoms with Crippen LogP contribution < -0.4 is 15.2 Å². The molecule has 2 aromatic carbocycles. The smallest absolute Gasteiger partial charge is 0.451 e. The molecule has 0 fully saturated rings. The van der Waals surface area contributed by atoms with Gasteiger partial charge in [-0.15, -0.1) is 0 Å². The predicted molar refractivity (Wildman–Crippen MR) is 120 cm³/mol. The summed E-state index contributed by atoms with van der Waals surface area (Å²) in [4.78, 5) is 22.6. The van der Waals surface area contributed by atoms with E-state index in [0.29, 0.717) is 31.1 Å². The molecule has 0 saturated carbocycles. The first kappa shape index (κ1) is 24.3. The van der Waals surface area contributed by atoms with E-state index < -0.39 is 35.1 Å². The zero-order valence-corrected chi connectivity index (χ0v) is 19.1. The van der Waals surface area contributed by atoms with Crippen LogP contribution >= 0.6 is 0 Å². The summed E-state index contributed by atoms with van der Waals surface area (Å²) < 4.78 is 79.0. The fourth-order valence-corrected chi connectivity index (χ4v) is 3.99. The Morgan fingerprint density at radius 2 is 1.73 bits per heavy atom. The molecule has 0 bridgehead atoms. The first-order valence-corrected chi connectivity index (χ1v) is 11.0. The Kier molecular flexibility index (Phi) is 6.10. The van der Waals surface area contributed by atoms with Crippen molar-refractivity contribution in [1.82, 2.24) is 19.5 Å². The molecule has 0 N–H and O–H groups in total. The van der Waals surface area contributed by atoms with Gasteiger partial charge in [0.05, 0.1) is 18.1 Å². The van der Waals surface area contributed by atoms with Gasteiger partial charge in [0.2, 0.25) is 11.7 Å². The van der Waals surface area contributed by atoms with Crippen LogP contribution in [0.5, 0.6) is 17.4 Å². The van der Waals surface area contributed by atoms with Gasteiger partial charge in [0.15, 0.2) is 23.1 Å². The van der Waals surface area contributed by atoms with E-state index in [-0.39, 0.29) is 23.8 Å². The standard InChI is InChI=1S/C25H17F5N4O3/c1-13-2-3-17-15(6-13)4-5-34-20(17)9-21(33-24(34)35)36-12-14-7-18(26)22(19(27)8-14)37-16-10-31-23(32-11-16)25(28,29)30/h2-3,6-11H,4-5,12H2,1H3. The molecule has 1 aliphatic rings. The van der Waals surface area contributed by atoms with Crippen LogP contribution in [-0.2, 0) is 25.7 Å². The van der Waals surface area contributed by atoms with Crippen molar-refractivity contribution in [3.63, 3.8) is 0 Å². The van der Waals surface area contributed by atoms with Gasteiger partial charge in [0, 0.05) is 18.2 Å². The van der Waals surface area contributed by atoms with Gasteiger partial charge in [0.25, 0.3) is 0 Å². The lowest BCUT2D eigenvalue weighted by molar-refractivity contribution is -0.145. The fourth-order valence-electron chi connectivity index (χ4n) is 3.99. The number of aromatic nitrogens is 4. The second-order valence-corrected chi connectivity index (χ2v) is 8.34. The van der Waals surface area contributed by atoms with Crippen LogP contribution in [0.4, 0.5) is 22.0 Å². The lowest BCUT2D eigenvalue weighted by Gasteiger charge is -2.22. The molecule has 5 rings (SSSR count). The number of alkyl halides is 3. The highest BCUT2D eigenvalue weighted by atomic mass is 19.4. The molecule has 0 atom stereocenters. The molecule has 7 nitrogen and oxygen atoms in total. The number of fused-ring (bicyclic) bond motifs is 3. The molecule has 1 aliphatic heterocycles. The molecule has 190 valence electrons. The number of aryl methyl sites for hydroxylation is 2. The minimum Gasteiger partial charge on any atom is -0.473 e. The summed E-state index contributed by atoms with van der Waals surface area (Å²) in [6.07, 6.45) is -2.76. The molecule has 0 radical (unpaired) electrons. The highest BCUT2D eigenvalue weighted by molar-refractivity contribution is 5.67. The monoisotopic (exact) mass is 516 g/mol. The number of halogens is 5. The third kappa shape index (κ3) is 4.99.